The second-order valence-corrected chi connectivity index (χ2v) is 8.79. The van der Waals surface area contributed by atoms with Gasteiger partial charge in [0.15, 0.2) is 0 Å². The zero-order valence-corrected chi connectivity index (χ0v) is 16.3. The molecule has 1 saturated carbocycles. The van der Waals surface area contributed by atoms with Gasteiger partial charge in [0, 0.05) is 32.6 Å². The molecule has 0 radical (unpaired) electrons. The molecule has 1 aromatic rings. The third-order valence-electron chi connectivity index (χ3n) is 6.67. The van der Waals surface area contributed by atoms with E-state index in [9.17, 15) is 9.59 Å². The summed E-state index contributed by atoms with van der Waals surface area (Å²) in [7, 11) is 0. The van der Waals surface area contributed by atoms with Crippen molar-refractivity contribution in [2.24, 2.45) is 11.3 Å². The van der Waals surface area contributed by atoms with Crippen LogP contribution in [0.25, 0.3) is 0 Å². The Bertz CT molecular complexity index is 678. The molecule has 0 bridgehead atoms. The molecule has 1 aromatic carbocycles. The average molecular weight is 370 g/mol. The van der Waals surface area contributed by atoms with Gasteiger partial charge in [-0.1, -0.05) is 30.3 Å². The maximum absolute atomic E-state index is 12.7. The van der Waals surface area contributed by atoms with E-state index in [0.29, 0.717) is 12.3 Å². The van der Waals surface area contributed by atoms with Crippen molar-refractivity contribution >= 4 is 11.9 Å². The van der Waals surface area contributed by atoms with Gasteiger partial charge in [0.05, 0.1) is 6.04 Å². The molecule has 0 unspecified atom stereocenters. The van der Waals surface area contributed by atoms with Crippen molar-refractivity contribution in [3.63, 3.8) is 0 Å². The number of rotatable bonds is 4. The maximum Gasteiger partial charge on any atom is 0.317 e. The summed E-state index contributed by atoms with van der Waals surface area (Å²) < 4.78 is 0. The molecular weight excluding hydrogens is 338 g/mol. The standard InChI is InChI=1S/C22H31N3O2/c1-17(19-5-3-2-4-6-19)23-21(27)24-13-11-22(12-14-24)10-9-20(26)25(16-22)15-18-7-8-18/h2-6,17-18H,7-16H2,1H3,(H,23,27)/t17-/m1/s1. The van der Waals surface area contributed by atoms with Gasteiger partial charge >= 0.3 is 6.03 Å². The number of hydrogen-bond donors (Lipinski definition) is 1. The van der Waals surface area contributed by atoms with Crippen LogP contribution in [0.15, 0.2) is 30.3 Å². The number of carbonyl (C=O) groups excluding carboxylic acids is 2. The molecular formula is C22H31N3O2. The van der Waals surface area contributed by atoms with Crippen molar-refractivity contribution in [2.45, 2.75) is 51.5 Å². The van der Waals surface area contributed by atoms with E-state index in [2.05, 4.69) is 10.2 Å². The Balaban J connectivity index is 1.30. The number of hydrogen-bond acceptors (Lipinski definition) is 2. The van der Waals surface area contributed by atoms with Gasteiger partial charge in [-0.25, -0.2) is 4.79 Å². The first kappa shape index (κ1) is 18.3. The second-order valence-electron chi connectivity index (χ2n) is 8.79. The normalized spacial score (nSPS) is 23.4. The zero-order valence-electron chi connectivity index (χ0n) is 16.3. The summed E-state index contributed by atoms with van der Waals surface area (Å²) in [5.41, 5.74) is 1.35. The summed E-state index contributed by atoms with van der Waals surface area (Å²) in [6.45, 7) is 5.47. The highest BCUT2D eigenvalue weighted by molar-refractivity contribution is 5.77. The van der Waals surface area contributed by atoms with Gasteiger partial charge in [-0.3, -0.25) is 4.79 Å². The number of likely N-dealkylation sites (tertiary alicyclic amines) is 2. The molecule has 2 aliphatic heterocycles. The maximum atomic E-state index is 12.7. The number of benzene rings is 1. The van der Waals surface area contributed by atoms with E-state index in [1.807, 2.05) is 42.2 Å². The largest absolute Gasteiger partial charge is 0.342 e. The van der Waals surface area contributed by atoms with Gasteiger partial charge in [-0.05, 0) is 55.9 Å². The molecule has 1 N–H and O–H groups in total. The Hall–Kier alpha value is -2.04. The van der Waals surface area contributed by atoms with E-state index in [-0.39, 0.29) is 17.5 Å². The third-order valence-corrected chi connectivity index (χ3v) is 6.67. The SMILES string of the molecule is C[C@@H](NC(=O)N1CCC2(CCC(=O)N(CC3CC3)C2)CC1)c1ccccc1. The fraction of sp³-hybridized carbons (Fsp3) is 0.636. The Morgan fingerprint density at radius 1 is 1.19 bits per heavy atom. The van der Waals surface area contributed by atoms with Crippen molar-refractivity contribution < 1.29 is 9.59 Å². The van der Waals surface area contributed by atoms with Crippen LogP contribution in [-0.2, 0) is 4.79 Å². The number of nitrogens with zero attached hydrogens (tertiary/aromatic N) is 2. The van der Waals surface area contributed by atoms with Gasteiger partial charge in [0.1, 0.15) is 0 Å². The summed E-state index contributed by atoms with van der Waals surface area (Å²) in [5, 5.41) is 3.13. The lowest BCUT2D eigenvalue weighted by molar-refractivity contribution is -0.139. The topological polar surface area (TPSA) is 52.7 Å². The summed E-state index contributed by atoms with van der Waals surface area (Å²) in [6, 6.07) is 10.1. The van der Waals surface area contributed by atoms with Crippen molar-refractivity contribution in [3.05, 3.63) is 35.9 Å². The minimum atomic E-state index is 0.0101. The molecule has 4 rings (SSSR count). The molecule has 2 heterocycles. The number of piperidine rings is 2. The summed E-state index contributed by atoms with van der Waals surface area (Å²) in [6.07, 6.45) is 6.25. The monoisotopic (exact) mass is 369 g/mol. The zero-order chi connectivity index (χ0) is 18.9. The number of amides is 3. The highest BCUT2D eigenvalue weighted by Crippen LogP contribution is 2.41. The first-order valence-electron chi connectivity index (χ1n) is 10.4. The number of urea groups is 1. The summed E-state index contributed by atoms with van der Waals surface area (Å²) >= 11 is 0. The van der Waals surface area contributed by atoms with Crippen molar-refractivity contribution in [2.75, 3.05) is 26.2 Å². The van der Waals surface area contributed by atoms with E-state index in [1.54, 1.807) is 0 Å². The van der Waals surface area contributed by atoms with Crippen molar-refractivity contribution in [1.82, 2.24) is 15.1 Å². The molecule has 1 spiro atoms. The quantitative estimate of drug-likeness (QED) is 0.882. The van der Waals surface area contributed by atoms with Crippen LogP contribution in [0.2, 0.25) is 0 Å². The molecule has 0 aromatic heterocycles. The van der Waals surface area contributed by atoms with Crippen LogP contribution < -0.4 is 5.32 Å². The van der Waals surface area contributed by atoms with E-state index >= 15 is 0 Å². The predicted octanol–water partition coefficient (Wildman–Crippen LogP) is 3.57. The molecule has 5 heteroatoms. The number of nitrogens with one attached hydrogen (secondary N) is 1. The Morgan fingerprint density at radius 3 is 2.56 bits per heavy atom. The average Bonchev–Trinajstić information content (AvgIpc) is 3.50. The highest BCUT2D eigenvalue weighted by Gasteiger charge is 2.42. The molecule has 3 aliphatic rings. The lowest BCUT2D eigenvalue weighted by Crippen LogP contribution is -2.54. The fourth-order valence-corrected chi connectivity index (χ4v) is 4.57. The van der Waals surface area contributed by atoms with Gasteiger partial charge < -0.3 is 15.1 Å². The van der Waals surface area contributed by atoms with Gasteiger partial charge in [-0.15, -0.1) is 0 Å². The summed E-state index contributed by atoms with van der Waals surface area (Å²) in [5.74, 6) is 1.08. The summed E-state index contributed by atoms with van der Waals surface area (Å²) in [4.78, 5) is 29.0. The third kappa shape index (κ3) is 4.28. The van der Waals surface area contributed by atoms with Gasteiger partial charge in [-0.2, -0.15) is 0 Å². The minimum Gasteiger partial charge on any atom is -0.342 e. The molecule has 3 amide bonds. The minimum absolute atomic E-state index is 0.0101. The molecule has 5 nitrogen and oxygen atoms in total. The smallest absolute Gasteiger partial charge is 0.317 e. The van der Waals surface area contributed by atoms with E-state index in [0.717, 1.165) is 56.9 Å². The van der Waals surface area contributed by atoms with Crippen LogP contribution in [0.4, 0.5) is 4.79 Å². The molecule has 3 fully saturated rings. The van der Waals surface area contributed by atoms with E-state index in [4.69, 9.17) is 0 Å². The Morgan fingerprint density at radius 2 is 1.89 bits per heavy atom. The molecule has 2 saturated heterocycles. The predicted molar refractivity (Wildman–Crippen MR) is 105 cm³/mol. The van der Waals surface area contributed by atoms with Gasteiger partial charge in [0.2, 0.25) is 5.91 Å². The van der Waals surface area contributed by atoms with Crippen LogP contribution in [-0.4, -0.2) is 47.9 Å². The first-order chi connectivity index (χ1) is 13.0. The van der Waals surface area contributed by atoms with Crippen LogP contribution in [0, 0.1) is 11.3 Å². The molecule has 1 aliphatic carbocycles. The van der Waals surface area contributed by atoms with Crippen LogP contribution in [0.1, 0.15) is 57.1 Å². The Labute approximate surface area is 162 Å². The van der Waals surface area contributed by atoms with Crippen molar-refractivity contribution in [1.29, 1.82) is 0 Å². The van der Waals surface area contributed by atoms with Crippen LogP contribution in [0.3, 0.4) is 0 Å². The highest BCUT2D eigenvalue weighted by atomic mass is 16.2. The second kappa shape index (κ2) is 7.53. The molecule has 27 heavy (non-hydrogen) atoms. The molecule has 1 atom stereocenters. The Kier molecular flexibility index (Phi) is 5.11. The van der Waals surface area contributed by atoms with E-state index < -0.39 is 0 Å². The first-order valence-corrected chi connectivity index (χ1v) is 10.4. The fourth-order valence-electron chi connectivity index (χ4n) is 4.57. The van der Waals surface area contributed by atoms with Crippen LogP contribution >= 0.6 is 0 Å². The molecule has 146 valence electrons. The van der Waals surface area contributed by atoms with Crippen molar-refractivity contribution in [3.8, 4) is 0 Å². The van der Waals surface area contributed by atoms with E-state index in [1.165, 1.54) is 12.8 Å². The van der Waals surface area contributed by atoms with Crippen LogP contribution in [0.5, 0.6) is 0 Å². The lowest BCUT2D eigenvalue weighted by atomic mass is 9.72. The lowest BCUT2D eigenvalue weighted by Gasteiger charge is -2.47. The number of carbonyl (C=O) groups is 2. The van der Waals surface area contributed by atoms with Gasteiger partial charge in [0.25, 0.3) is 0 Å².